The van der Waals surface area contributed by atoms with E-state index in [2.05, 4.69) is 45.6 Å². The van der Waals surface area contributed by atoms with Gasteiger partial charge in [-0.05, 0) is 62.0 Å². The fourth-order valence-electron chi connectivity index (χ4n) is 2.46. The Morgan fingerprint density at radius 1 is 1.53 bits per heavy atom. The molecule has 1 fully saturated rings. The highest BCUT2D eigenvalue weighted by molar-refractivity contribution is 9.10. The fraction of sp³-hybridized carbons (Fsp3) is 0.533. The van der Waals surface area contributed by atoms with E-state index >= 15 is 0 Å². The zero-order chi connectivity index (χ0) is 13.7. The van der Waals surface area contributed by atoms with Gasteiger partial charge in [-0.15, -0.1) is 0 Å². The highest BCUT2D eigenvalue weighted by Gasteiger charge is 2.16. The monoisotopic (exact) mass is 324 g/mol. The second kappa shape index (κ2) is 7.06. The van der Waals surface area contributed by atoms with E-state index in [9.17, 15) is 4.79 Å². The van der Waals surface area contributed by atoms with Crippen molar-refractivity contribution in [3.8, 4) is 0 Å². The number of benzene rings is 1. The maximum Gasteiger partial charge on any atom is 0.220 e. The van der Waals surface area contributed by atoms with Crippen LogP contribution in [0.15, 0.2) is 22.7 Å². The molecule has 104 valence electrons. The van der Waals surface area contributed by atoms with E-state index in [1.54, 1.807) is 0 Å². The number of carbonyl (C=O) groups is 1. The van der Waals surface area contributed by atoms with Crippen molar-refractivity contribution < 1.29 is 4.79 Å². The summed E-state index contributed by atoms with van der Waals surface area (Å²) in [5.74, 6) is 0.658. The van der Waals surface area contributed by atoms with Crippen LogP contribution < -0.4 is 10.6 Å². The quantitative estimate of drug-likeness (QED) is 0.894. The molecule has 0 bridgehead atoms. The number of carbonyl (C=O) groups excluding carboxylic acids is 1. The molecule has 0 spiro atoms. The minimum atomic E-state index is 0.160. The number of rotatable bonds is 4. The molecule has 1 aromatic carbocycles. The van der Waals surface area contributed by atoms with Crippen LogP contribution in [0.1, 0.15) is 30.4 Å². The third-order valence-corrected chi connectivity index (χ3v) is 4.15. The predicted molar refractivity (Wildman–Crippen MR) is 80.9 cm³/mol. The van der Waals surface area contributed by atoms with Crippen molar-refractivity contribution in [2.24, 2.45) is 5.92 Å². The van der Waals surface area contributed by atoms with Crippen molar-refractivity contribution in [1.29, 1.82) is 0 Å². The van der Waals surface area contributed by atoms with Crippen LogP contribution in [0, 0.1) is 12.8 Å². The molecule has 1 unspecified atom stereocenters. The first-order valence-electron chi connectivity index (χ1n) is 6.87. The number of halogens is 1. The normalized spacial score (nSPS) is 19.2. The van der Waals surface area contributed by atoms with E-state index < -0.39 is 0 Å². The topological polar surface area (TPSA) is 41.1 Å². The summed E-state index contributed by atoms with van der Waals surface area (Å²) < 4.78 is 1.05. The van der Waals surface area contributed by atoms with E-state index in [4.69, 9.17) is 0 Å². The standard InChI is InChI=1S/C15H21BrN2O/c1-11-4-5-14(16)8-13(11)10-18-15(19)7-12-3-2-6-17-9-12/h4-5,8,12,17H,2-3,6-7,9-10H2,1H3,(H,18,19). The van der Waals surface area contributed by atoms with Gasteiger partial charge in [0.25, 0.3) is 0 Å². The Bertz CT molecular complexity index is 442. The van der Waals surface area contributed by atoms with E-state index in [0.717, 1.165) is 24.0 Å². The van der Waals surface area contributed by atoms with Crippen LogP contribution in [0.3, 0.4) is 0 Å². The summed E-state index contributed by atoms with van der Waals surface area (Å²) in [7, 11) is 0. The lowest BCUT2D eigenvalue weighted by atomic mass is 9.96. The molecule has 2 N–H and O–H groups in total. The van der Waals surface area contributed by atoms with Crippen LogP contribution in [-0.2, 0) is 11.3 Å². The van der Waals surface area contributed by atoms with E-state index in [-0.39, 0.29) is 5.91 Å². The van der Waals surface area contributed by atoms with Gasteiger partial charge in [0.05, 0.1) is 0 Å². The molecular weight excluding hydrogens is 304 g/mol. The molecule has 1 aliphatic rings. The van der Waals surface area contributed by atoms with Crippen LogP contribution in [0.5, 0.6) is 0 Å². The smallest absolute Gasteiger partial charge is 0.220 e. The average molecular weight is 325 g/mol. The summed E-state index contributed by atoms with van der Waals surface area (Å²) in [5.41, 5.74) is 2.38. The summed E-state index contributed by atoms with van der Waals surface area (Å²) in [6.45, 7) is 4.75. The first kappa shape index (κ1) is 14.5. The number of hydrogen-bond donors (Lipinski definition) is 2. The summed E-state index contributed by atoms with van der Waals surface area (Å²) in [6, 6.07) is 6.16. The molecule has 1 amide bonds. The van der Waals surface area contributed by atoms with Crippen LogP contribution in [0.25, 0.3) is 0 Å². The molecule has 4 heteroatoms. The largest absolute Gasteiger partial charge is 0.352 e. The molecule has 3 nitrogen and oxygen atoms in total. The third-order valence-electron chi connectivity index (χ3n) is 3.66. The summed E-state index contributed by atoms with van der Waals surface area (Å²) in [6.07, 6.45) is 2.99. The second-order valence-corrected chi connectivity index (χ2v) is 6.18. The number of nitrogens with one attached hydrogen (secondary N) is 2. The fourth-order valence-corrected chi connectivity index (χ4v) is 2.87. The van der Waals surface area contributed by atoms with Crippen LogP contribution in [0.4, 0.5) is 0 Å². The van der Waals surface area contributed by atoms with Crippen LogP contribution >= 0.6 is 15.9 Å². The Morgan fingerprint density at radius 2 is 2.37 bits per heavy atom. The van der Waals surface area contributed by atoms with Gasteiger partial charge >= 0.3 is 0 Å². The lowest BCUT2D eigenvalue weighted by Gasteiger charge is -2.22. The van der Waals surface area contributed by atoms with E-state index in [1.165, 1.54) is 17.5 Å². The van der Waals surface area contributed by atoms with Crippen LogP contribution in [-0.4, -0.2) is 19.0 Å². The van der Waals surface area contributed by atoms with Gasteiger partial charge in [0.1, 0.15) is 0 Å². The van der Waals surface area contributed by atoms with Gasteiger partial charge in [0.15, 0.2) is 0 Å². The minimum Gasteiger partial charge on any atom is -0.352 e. The average Bonchev–Trinajstić information content (AvgIpc) is 2.41. The molecule has 1 aromatic rings. The third kappa shape index (κ3) is 4.62. The zero-order valence-corrected chi connectivity index (χ0v) is 12.9. The summed E-state index contributed by atoms with van der Waals surface area (Å²) in [4.78, 5) is 11.9. The van der Waals surface area contributed by atoms with E-state index in [1.807, 2.05) is 6.07 Å². The number of hydrogen-bond acceptors (Lipinski definition) is 2. The Hall–Kier alpha value is -0.870. The highest BCUT2D eigenvalue weighted by Crippen LogP contribution is 2.17. The van der Waals surface area contributed by atoms with Gasteiger partial charge in [-0.3, -0.25) is 4.79 Å². The lowest BCUT2D eigenvalue weighted by Crippen LogP contribution is -2.34. The zero-order valence-electron chi connectivity index (χ0n) is 11.3. The van der Waals surface area contributed by atoms with Crippen molar-refractivity contribution in [1.82, 2.24) is 10.6 Å². The molecule has 0 saturated carbocycles. The molecule has 1 saturated heterocycles. The predicted octanol–water partition coefficient (Wildman–Crippen LogP) is 2.76. The minimum absolute atomic E-state index is 0.160. The number of amides is 1. The Balaban J connectivity index is 1.81. The molecule has 2 rings (SSSR count). The van der Waals surface area contributed by atoms with Gasteiger partial charge < -0.3 is 10.6 Å². The van der Waals surface area contributed by atoms with Crippen molar-refractivity contribution in [2.75, 3.05) is 13.1 Å². The van der Waals surface area contributed by atoms with Gasteiger partial charge in [0, 0.05) is 17.4 Å². The molecule has 1 atom stereocenters. The molecule has 0 aliphatic carbocycles. The Kier molecular flexibility index (Phi) is 5.40. The van der Waals surface area contributed by atoms with Gasteiger partial charge in [-0.25, -0.2) is 0 Å². The number of piperidine rings is 1. The molecule has 19 heavy (non-hydrogen) atoms. The van der Waals surface area contributed by atoms with Crippen molar-refractivity contribution >= 4 is 21.8 Å². The van der Waals surface area contributed by atoms with Crippen LogP contribution in [0.2, 0.25) is 0 Å². The molecule has 1 aliphatic heterocycles. The molecule has 1 heterocycles. The maximum absolute atomic E-state index is 11.9. The van der Waals surface area contributed by atoms with Crippen molar-refractivity contribution in [2.45, 2.75) is 32.7 Å². The van der Waals surface area contributed by atoms with Gasteiger partial charge in [-0.1, -0.05) is 22.0 Å². The van der Waals surface area contributed by atoms with Gasteiger partial charge in [0.2, 0.25) is 5.91 Å². The SMILES string of the molecule is Cc1ccc(Br)cc1CNC(=O)CC1CCCNC1. The molecule has 0 aromatic heterocycles. The van der Waals surface area contributed by atoms with Crippen molar-refractivity contribution in [3.63, 3.8) is 0 Å². The lowest BCUT2D eigenvalue weighted by molar-refractivity contribution is -0.122. The number of aryl methyl sites for hydroxylation is 1. The molecular formula is C15H21BrN2O. The Morgan fingerprint density at radius 3 is 3.11 bits per heavy atom. The highest BCUT2D eigenvalue weighted by atomic mass is 79.9. The first-order valence-corrected chi connectivity index (χ1v) is 7.67. The Labute approximate surface area is 123 Å². The second-order valence-electron chi connectivity index (χ2n) is 5.26. The van der Waals surface area contributed by atoms with Crippen molar-refractivity contribution in [3.05, 3.63) is 33.8 Å². The van der Waals surface area contributed by atoms with E-state index in [0.29, 0.717) is 18.9 Å². The maximum atomic E-state index is 11.9. The molecule has 0 radical (unpaired) electrons. The summed E-state index contributed by atoms with van der Waals surface area (Å²) >= 11 is 3.46. The summed E-state index contributed by atoms with van der Waals surface area (Å²) in [5, 5.41) is 6.37. The first-order chi connectivity index (χ1) is 9.15. The van der Waals surface area contributed by atoms with Gasteiger partial charge in [-0.2, -0.15) is 0 Å².